The summed E-state index contributed by atoms with van der Waals surface area (Å²) in [5.74, 6) is 0. The van der Waals surface area contributed by atoms with Crippen LogP contribution in [0.4, 0.5) is 0 Å². The minimum Gasteiger partial charge on any atom is -0.377 e. The third kappa shape index (κ3) is 2.22. The summed E-state index contributed by atoms with van der Waals surface area (Å²) in [6.45, 7) is 2.75. The predicted octanol–water partition coefficient (Wildman–Crippen LogP) is 2.82. The minimum absolute atomic E-state index is 0.400. The van der Waals surface area contributed by atoms with Crippen molar-refractivity contribution in [3.05, 3.63) is 35.3 Å². The monoisotopic (exact) mass is 287 g/mol. The number of nitrogens with zero attached hydrogens (tertiary/aromatic N) is 2. The molecule has 4 nitrogen and oxygen atoms in total. The molecule has 0 bridgehead atoms. The van der Waals surface area contributed by atoms with Crippen LogP contribution in [0.2, 0.25) is 0 Å². The largest absolute Gasteiger partial charge is 0.377 e. The van der Waals surface area contributed by atoms with E-state index < -0.39 is 0 Å². The minimum atomic E-state index is 0.400. The smallest absolute Gasteiger partial charge is 0.194 e. The highest BCUT2D eigenvalue weighted by atomic mass is 32.1. The molecule has 1 N–H and O–H groups in total. The Balaban J connectivity index is 1.50. The second-order valence-corrected chi connectivity index (χ2v) is 6.13. The van der Waals surface area contributed by atoms with Gasteiger partial charge >= 0.3 is 0 Å². The molecule has 1 fully saturated rings. The lowest BCUT2D eigenvalue weighted by molar-refractivity contribution is 0.110. The maximum atomic E-state index is 5.62. The third-order valence-electron chi connectivity index (χ3n) is 3.83. The van der Waals surface area contributed by atoms with Gasteiger partial charge in [-0.15, -0.1) is 11.3 Å². The first kappa shape index (κ1) is 12.3. The molecule has 1 aliphatic rings. The quantitative estimate of drug-likeness (QED) is 0.802. The number of benzene rings is 1. The van der Waals surface area contributed by atoms with Gasteiger partial charge in [0.05, 0.1) is 17.1 Å². The zero-order valence-electron chi connectivity index (χ0n) is 11.2. The SMILES string of the molecule is c1cn2c(nc3ccc(CNC[C@H]4CCCO4)cc32)s1. The van der Waals surface area contributed by atoms with Gasteiger partial charge in [0.1, 0.15) is 0 Å². The number of rotatable bonds is 4. The van der Waals surface area contributed by atoms with Crippen molar-refractivity contribution in [2.75, 3.05) is 13.2 Å². The van der Waals surface area contributed by atoms with Gasteiger partial charge in [-0.2, -0.15) is 0 Å². The molecule has 104 valence electrons. The second-order valence-electron chi connectivity index (χ2n) is 5.26. The van der Waals surface area contributed by atoms with Crippen LogP contribution in [-0.4, -0.2) is 28.6 Å². The third-order valence-corrected chi connectivity index (χ3v) is 4.59. The van der Waals surface area contributed by atoms with Crippen LogP contribution in [0.3, 0.4) is 0 Å². The summed E-state index contributed by atoms with van der Waals surface area (Å²) in [7, 11) is 0. The highest BCUT2D eigenvalue weighted by Crippen LogP contribution is 2.21. The van der Waals surface area contributed by atoms with Gasteiger partial charge in [-0.05, 0) is 30.5 Å². The van der Waals surface area contributed by atoms with E-state index >= 15 is 0 Å². The number of aromatic nitrogens is 2. The van der Waals surface area contributed by atoms with Crippen LogP contribution in [0.1, 0.15) is 18.4 Å². The fourth-order valence-corrected chi connectivity index (χ4v) is 3.52. The molecule has 3 aromatic rings. The number of fused-ring (bicyclic) bond motifs is 3. The van der Waals surface area contributed by atoms with Crippen LogP contribution in [0.15, 0.2) is 29.8 Å². The van der Waals surface area contributed by atoms with Gasteiger partial charge in [0.2, 0.25) is 0 Å². The number of nitrogens with one attached hydrogen (secondary N) is 1. The van der Waals surface area contributed by atoms with Gasteiger partial charge in [-0.3, -0.25) is 4.40 Å². The maximum absolute atomic E-state index is 5.62. The lowest BCUT2D eigenvalue weighted by Gasteiger charge is -2.10. The van der Waals surface area contributed by atoms with Crippen molar-refractivity contribution in [1.82, 2.24) is 14.7 Å². The molecule has 1 aliphatic heterocycles. The van der Waals surface area contributed by atoms with E-state index in [0.717, 1.165) is 30.2 Å². The molecule has 0 saturated carbocycles. The Labute approximate surface area is 121 Å². The van der Waals surface area contributed by atoms with Gasteiger partial charge in [0.25, 0.3) is 0 Å². The Hall–Kier alpha value is -1.43. The average Bonchev–Trinajstić information content (AvgIpc) is 3.14. The molecule has 0 spiro atoms. The van der Waals surface area contributed by atoms with Crippen molar-refractivity contribution in [1.29, 1.82) is 0 Å². The van der Waals surface area contributed by atoms with Crippen LogP contribution < -0.4 is 5.32 Å². The molecule has 1 saturated heterocycles. The van der Waals surface area contributed by atoms with E-state index in [9.17, 15) is 0 Å². The molecule has 1 atom stereocenters. The molecule has 20 heavy (non-hydrogen) atoms. The van der Waals surface area contributed by atoms with Gasteiger partial charge < -0.3 is 10.1 Å². The lowest BCUT2D eigenvalue weighted by atomic mass is 10.2. The highest BCUT2D eigenvalue weighted by molar-refractivity contribution is 7.15. The van der Waals surface area contributed by atoms with E-state index in [4.69, 9.17) is 4.74 Å². The summed E-state index contributed by atoms with van der Waals surface area (Å²) in [6, 6.07) is 6.49. The fraction of sp³-hybridized carbons (Fsp3) is 0.400. The molecule has 2 aromatic heterocycles. The standard InChI is InChI=1S/C15H17N3OS/c1-2-12(19-6-1)10-16-9-11-3-4-13-14(8-11)18-5-7-20-15(18)17-13/h3-5,7-8,12,16H,1-2,6,9-10H2/t12-/m1/s1. The number of ether oxygens (including phenoxy) is 1. The maximum Gasteiger partial charge on any atom is 0.194 e. The topological polar surface area (TPSA) is 38.6 Å². The van der Waals surface area contributed by atoms with E-state index in [2.05, 4.69) is 44.5 Å². The molecule has 0 amide bonds. The Kier molecular flexibility index (Phi) is 3.18. The van der Waals surface area contributed by atoms with Crippen molar-refractivity contribution in [3.8, 4) is 0 Å². The zero-order chi connectivity index (χ0) is 13.4. The Morgan fingerprint density at radius 3 is 3.35 bits per heavy atom. The number of imidazole rings is 1. The van der Waals surface area contributed by atoms with Crippen LogP contribution in [0, 0.1) is 0 Å². The Morgan fingerprint density at radius 1 is 1.45 bits per heavy atom. The van der Waals surface area contributed by atoms with E-state index in [1.165, 1.54) is 23.9 Å². The summed E-state index contributed by atoms with van der Waals surface area (Å²) >= 11 is 1.67. The first-order valence-electron chi connectivity index (χ1n) is 7.07. The Bertz CT molecular complexity index is 727. The fourth-order valence-electron chi connectivity index (χ4n) is 2.79. The summed E-state index contributed by atoms with van der Waals surface area (Å²) < 4.78 is 7.78. The van der Waals surface area contributed by atoms with E-state index in [1.807, 2.05) is 0 Å². The molecule has 0 unspecified atom stereocenters. The molecule has 0 radical (unpaired) electrons. The predicted molar refractivity (Wildman–Crippen MR) is 81.3 cm³/mol. The summed E-state index contributed by atoms with van der Waals surface area (Å²) in [5, 5.41) is 5.56. The van der Waals surface area contributed by atoms with Crippen LogP contribution >= 0.6 is 11.3 Å². The van der Waals surface area contributed by atoms with Crippen LogP contribution in [-0.2, 0) is 11.3 Å². The average molecular weight is 287 g/mol. The second kappa shape index (κ2) is 5.16. The molecule has 4 rings (SSSR count). The van der Waals surface area contributed by atoms with Crippen molar-refractivity contribution in [2.24, 2.45) is 0 Å². The van der Waals surface area contributed by atoms with Gasteiger partial charge in [0.15, 0.2) is 4.96 Å². The Morgan fingerprint density at radius 2 is 2.45 bits per heavy atom. The lowest BCUT2D eigenvalue weighted by Crippen LogP contribution is -2.25. The first-order valence-corrected chi connectivity index (χ1v) is 7.95. The number of thiazole rings is 1. The van der Waals surface area contributed by atoms with Crippen molar-refractivity contribution >= 4 is 27.3 Å². The van der Waals surface area contributed by atoms with Gasteiger partial charge in [-0.25, -0.2) is 4.98 Å². The molecular weight excluding hydrogens is 270 g/mol. The van der Waals surface area contributed by atoms with Gasteiger partial charge in [0, 0.05) is 31.3 Å². The molecule has 0 aliphatic carbocycles. The summed E-state index contributed by atoms with van der Waals surface area (Å²) in [4.78, 5) is 5.66. The summed E-state index contributed by atoms with van der Waals surface area (Å²) in [5.41, 5.74) is 3.56. The first-order chi connectivity index (χ1) is 9.90. The van der Waals surface area contributed by atoms with E-state index in [0.29, 0.717) is 6.10 Å². The van der Waals surface area contributed by atoms with E-state index in [1.54, 1.807) is 11.3 Å². The molecule has 3 heterocycles. The highest BCUT2D eigenvalue weighted by Gasteiger charge is 2.14. The molecule has 1 aromatic carbocycles. The molecular formula is C15H17N3OS. The molecule has 5 heteroatoms. The zero-order valence-corrected chi connectivity index (χ0v) is 12.0. The normalized spacial score (nSPS) is 19.3. The van der Waals surface area contributed by atoms with Crippen LogP contribution in [0.5, 0.6) is 0 Å². The summed E-state index contributed by atoms with van der Waals surface area (Å²) in [6.07, 6.45) is 4.87. The number of hydrogen-bond donors (Lipinski definition) is 1. The van der Waals surface area contributed by atoms with Crippen molar-refractivity contribution in [2.45, 2.75) is 25.5 Å². The van der Waals surface area contributed by atoms with E-state index in [-0.39, 0.29) is 0 Å². The number of hydrogen-bond acceptors (Lipinski definition) is 4. The van der Waals surface area contributed by atoms with Crippen molar-refractivity contribution < 1.29 is 4.74 Å². The van der Waals surface area contributed by atoms with Gasteiger partial charge in [-0.1, -0.05) is 6.07 Å². The van der Waals surface area contributed by atoms with Crippen LogP contribution in [0.25, 0.3) is 16.0 Å². The van der Waals surface area contributed by atoms with Crippen molar-refractivity contribution in [3.63, 3.8) is 0 Å².